The van der Waals surface area contributed by atoms with E-state index >= 15 is 0 Å². The van der Waals surface area contributed by atoms with Crippen molar-refractivity contribution in [3.8, 4) is 11.3 Å². The van der Waals surface area contributed by atoms with Gasteiger partial charge in [0.25, 0.3) is 0 Å². The highest BCUT2D eigenvalue weighted by atomic mass is 19.1. The number of nitrogens with zero attached hydrogens (tertiary/aromatic N) is 5. The van der Waals surface area contributed by atoms with E-state index in [-0.39, 0.29) is 29.7 Å². The number of anilines is 1. The summed E-state index contributed by atoms with van der Waals surface area (Å²) in [5, 5.41) is 18.2. The summed E-state index contributed by atoms with van der Waals surface area (Å²) in [4.78, 5) is 17.7. The molecule has 5 heterocycles. The van der Waals surface area contributed by atoms with Crippen molar-refractivity contribution < 1.29 is 23.6 Å². The highest BCUT2D eigenvalue weighted by Gasteiger charge is 2.42. The summed E-state index contributed by atoms with van der Waals surface area (Å²) in [6.07, 6.45) is 7.45. The van der Waals surface area contributed by atoms with Gasteiger partial charge < -0.3 is 19.3 Å². The third kappa shape index (κ3) is 3.94. The maximum absolute atomic E-state index is 14.8. The van der Waals surface area contributed by atoms with Gasteiger partial charge >= 0.3 is 5.97 Å². The monoisotopic (exact) mass is 517 g/mol. The molecule has 0 amide bonds. The standard InChI is InChI=1S/C28H28FN5O4/c1-15-3-2-4-21(29)25(15)26-20(27(38-32-26)16-5-6-16)14-37-19-11-17-7-8-18(12-19)34(17)24-10-9-23-30-22(28(35)36)13-33(23)31-24/h2-4,9-10,13,16-19H,5-8,11-12,14H2,1H3,(H,35,36)/t17-,18?,19?/m0/s1. The lowest BCUT2D eigenvalue weighted by Crippen LogP contribution is -2.46. The Morgan fingerprint density at radius 3 is 2.66 bits per heavy atom. The van der Waals surface area contributed by atoms with Crippen molar-refractivity contribution in [3.63, 3.8) is 0 Å². The molecule has 0 radical (unpaired) electrons. The third-order valence-electron chi connectivity index (χ3n) is 8.17. The molecule has 1 aliphatic carbocycles. The largest absolute Gasteiger partial charge is 0.476 e. The van der Waals surface area contributed by atoms with E-state index in [0.717, 1.165) is 61.2 Å². The minimum Gasteiger partial charge on any atom is -0.476 e. The molecular weight excluding hydrogens is 489 g/mol. The van der Waals surface area contributed by atoms with Crippen molar-refractivity contribution in [1.29, 1.82) is 0 Å². The molecule has 1 aromatic carbocycles. The Hall–Kier alpha value is -3.79. The SMILES string of the molecule is Cc1cccc(F)c1-c1noc(C2CC2)c1COC1CC2CC[C@@H](C1)N2c1ccc2nc(C(=O)O)cn2n1. The van der Waals surface area contributed by atoms with Gasteiger partial charge in [-0.3, -0.25) is 0 Å². The molecule has 0 spiro atoms. The normalized spacial score (nSPS) is 22.9. The third-order valence-corrected chi connectivity index (χ3v) is 8.17. The fraction of sp³-hybridized carbons (Fsp3) is 0.429. The van der Waals surface area contributed by atoms with E-state index in [2.05, 4.69) is 20.1 Å². The van der Waals surface area contributed by atoms with Crippen LogP contribution in [0.1, 0.15) is 71.8 Å². The van der Waals surface area contributed by atoms with E-state index in [4.69, 9.17) is 9.26 Å². The van der Waals surface area contributed by atoms with Gasteiger partial charge in [0.05, 0.1) is 18.9 Å². The van der Waals surface area contributed by atoms with Gasteiger partial charge in [0.2, 0.25) is 0 Å². The van der Waals surface area contributed by atoms with Crippen LogP contribution in [0.4, 0.5) is 10.2 Å². The maximum Gasteiger partial charge on any atom is 0.356 e. The van der Waals surface area contributed by atoms with Crippen molar-refractivity contribution >= 4 is 17.4 Å². The molecule has 3 aromatic heterocycles. The lowest BCUT2D eigenvalue weighted by molar-refractivity contribution is 0.0145. The first-order valence-electron chi connectivity index (χ1n) is 13.2. The second-order valence-corrected chi connectivity index (χ2v) is 10.7. The smallest absolute Gasteiger partial charge is 0.356 e. The first-order valence-corrected chi connectivity index (χ1v) is 13.2. The fourth-order valence-electron chi connectivity index (χ4n) is 6.21. The molecule has 2 unspecified atom stereocenters. The number of hydrogen-bond acceptors (Lipinski definition) is 7. The Labute approximate surface area is 218 Å². The van der Waals surface area contributed by atoms with Gasteiger partial charge in [-0.25, -0.2) is 18.7 Å². The number of rotatable bonds is 7. The number of ether oxygens (including phenoxy) is 1. The van der Waals surface area contributed by atoms with Gasteiger partial charge in [0, 0.05) is 29.1 Å². The van der Waals surface area contributed by atoms with Crippen LogP contribution in [-0.4, -0.2) is 49.0 Å². The molecule has 1 N–H and O–H groups in total. The number of aryl methyl sites for hydroxylation is 1. The van der Waals surface area contributed by atoms with Crippen molar-refractivity contribution in [2.45, 2.75) is 76.2 Å². The van der Waals surface area contributed by atoms with E-state index in [1.165, 1.54) is 12.3 Å². The first-order chi connectivity index (χ1) is 18.5. The molecule has 196 valence electrons. The van der Waals surface area contributed by atoms with Gasteiger partial charge in [-0.2, -0.15) is 0 Å². The van der Waals surface area contributed by atoms with Crippen LogP contribution >= 0.6 is 0 Å². The zero-order valence-corrected chi connectivity index (χ0v) is 21.0. The van der Waals surface area contributed by atoms with Crippen LogP contribution in [0, 0.1) is 12.7 Å². The topological polar surface area (TPSA) is 106 Å². The minimum absolute atomic E-state index is 0.0195. The van der Waals surface area contributed by atoms with Crippen LogP contribution in [-0.2, 0) is 11.3 Å². The summed E-state index contributed by atoms with van der Waals surface area (Å²) in [5.41, 5.74) is 3.24. The molecule has 2 saturated heterocycles. The second kappa shape index (κ2) is 8.90. The lowest BCUT2D eigenvalue weighted by atomic mass is 9.98. The molecule has 10 heteroatoms. The number of fused-ring (bicyclic) bond motifs is 3. The van der Waals surface area contributed by atoms with Gasteiger partial charge in [0.15, 0.2) is 11.3 Å². The van der Waals surface area contributed by atoms with Crippen molar-refractivity contribution in [2.24, 2.45) is 0 Å². The molecular formula is C28H28FN5O4. The maximum atomic E-state index is 14.8. The van der Waals surface area contributed by atoms with Crippen LogP contribution in [0.5, 0.6) is 0 Å². The molecule has 2 bridgehead atoms. The number of carbonyl (C=O) groups is 1. The summed E-state index contributed by atoms with van der Waals surface area (Å²) in [5.74, 6) is 0.629. The van der Waals surface area contributed by atoms with Crippen molar-refractivity contribution in [2.75, 3.05) is 4.90 Å². The second-order valence-electron chi connectivity index (χ2n) is 10.7. The molecule has 1 saturated carbocycles. The molecule has 3 fully saturated rings. The number of halogens is 1. The minimum atomic E-state index is -1.07. The summed E-state index contributed by atoms with van der Waals surface area (Å²) < 4.78 is 28.6. The number of aromatic carboxylic acids is 1. The van der Waals surface area contributed by atoms with E-state index in [1.807, 2.05) is 25.1 Å². The Bertz CT molecular complexity index is 1510. The van der Waals surface area contributed by atoms with E-state index in [1.54, 1.807) is 10.6 Å². The Morgan fingerprint density at radius 2 is 1.95 bits per heavy atom. The number of imidazole rings is 1. The molecule has 3 aliphatic rings. The summed E-state index contributed by atoms with van der Waals surface area (Å²) in [7, 11) is 0. The molecule has 3 atom stereocenters. The summed E-state index contributed by atoms with van der Waals surface area (Å²) >= 11 is 0. The summed E-state index contributed by atoms with van der Waals surface area (Å²) in [6.45, 7) is 2.24. The van der Waals surface area contributed by atoms with Crippen LogP contribution in [0.2, 0.25) is 0 Å². The van der Waals surface area contributed by atoms with Crippen LogP contribution in [0.15, 0.2) is 41.1 Å². The van der Waals surface area contributed by atoms with Crippen LogP contribution in [0.3, 0.4) is 0 Å². The van der Waals surface area contributed by atoms with Gasteiger partial charge in [0.1, 0.15) is 23.1 Å². The predicted molar refractivity (Wildman–Crippen MR) is 136 cm³/mol. The van der Waals surface area contributed by atoms with Crippen LogP contribution in [0.25, 0.3) is 16.9 Å². The molecule has 2 aliphatic heterocycles. The first kappa shape index (κ1) is 23.3. The quantitative estimate of drug-likeness (QED) is 0.360. The number of piperidine rings is 1. The highest BCUT2D eigenvalue weighted by Crippen LogP contribution is 2.45. The van der Waals surface area contributed by atoms with E-state index in [0.29, 0.717) is 29.4 Å². The molecule has 38 heavy (non-hydrogen) atoms. The number of aromatic nitrogens is 4. The molecule has 4 aromatic rings. The average Bonchev–Trinajstić information content (AvgIpc) is 3.41. The molecule has 9 nitrogen and oxygen atoms in total. The Balaban J connectivity index is 1.10. The van der Waals surface area contributed by atoms with Gasteiger partial charge in [-0.15, -0.1) is 5.10 Å². The zero-order valence-electron chi connectivity index (χ0n) is 21.0. The fourth-order valence-corrected chi connectivity index (χ4v) is 6.21. The molecule has 7 rings (SSSR count). The van der Waals surface area contributed by atoms with E-state index < -0.39 is 5.97 Å². The highest BCUT2D eigenvalue weighted by molar-refractivity contribution is 5.86. The lowest BCUT2D eigenvalue weighted by Gasteiger charge is -2.39. The average molecular weight is 518 g/mol. The number of benzene rings is 1. The Kier molecular flexibility index (Phi) is 5.47. The van der Waals surface area contributed by atoms with E-state index in [9.17, 15) is 14.3 Å². The van der Waals surface area contributed by atoms with Gasteiger partial charge in [-0.1, -0.05) is 17.3 Å². The number of carboxylic acid groups (broad SMARTS) is 1. The Morgan fingerprint density at radius 1 is 1.16 bits per heavy atom. The van der Waals surface area contributed by atoms with Gasteiger partial charge in [-0.05, 0) is 69.2 Å². The van der Waals surface area contributed by atoms with Crippen molar-refractivity contribution in [3.05, 3.63) is 64.9 Å². The number of hydrogen-bond donors (Lipinski definition) is 1. The zero-order chi connectivity index (χ0) is 26.0. The predicted octanol–water partition coefficient (Wildman–Crippen LogP) is 5.12. The van der Waals surface area contributed by atoms with Crippen LogP contribution < -0.4 is 4.90 Å². The number of carboxylic acids is 1. The summed E-state index contributed by atoms with van der Waals surface area (Å²) in [6, 6.07) is 9.36. The van der Waals surface area contributed by atoms with Crippen molar-refractivity contribution in [1.82, 2.24) is 19.8 Å².